The lowest BCUT2D eigenvalue weighted by Crippen LogP contribution is -2.16. The smallest absolute Gasteiger partial charge is 0.209 e. The first kappa shape index (κ1) is 14.0. The van der Waals surface area contributed by atoms with Crippen molar-refractivity contribution in [1.82, 2.24) is 35.1 Å². The van der Waals surface area contributed by atoms with Gasteiger partial charge in [0.05, 0.1) is 12.9 Å². The van der Waals surface area contributed by atoms with Gasteiger partial charge < -0.3 is 9.88 Å². The normalized spacial score (nSPS) is 11.4. The minimum Gasteiger partial charge on any atom is -0.331 e. The molecular formula is C11H19N7S. The molecule has 7 nitrogen and oxygen atoms in total. The van der Waals surface area contributed by atoms with Gasteiger partial charge >= 0.3 is 0 Å². The zero-order chi connectivity index (χ0) is 13.7. The summed E-state index contributed by atoms with van der Waals surface area (Å²) in [6, 6.07) is 0.415. The molecule has 2 heterocycles. The Hall–Kier alpha value is -1.41. The van der Waals surface area contributed by atoms with E-state index in [4.69, 9.17) is 0 Å². The van der Waals surface area contributed by atoms with E-state index in [0.717, 1.165) is 24.0 Å². The van der Waals surface area contributed by atoms with E-state index in [-0.39, 0.29) is 0 Å². The average Bonchev–Trinajstić information content (AvgIpc) is 3.02. The number of rotatable bonds is 7. The van der Waals surface area contributed by atoms with E-state index in [9.17, 15) is 0 Å². The first-order chi connectivity index (χ1) is 9.22. The van der Waals surface area contributed by atoms with Crippen LogP contribution in [0.1, 0.15) is 25.6 Å². The lowest BCUT2D eigenvalue weighted by molar-refractivity contribution is 0.529. The second-order valence-electron chi connectivity index (χ2n) is 4.46. The Morgan fingerprint density at radius 2 is 2.26 bits per heavy atom. The van der Waals surface area contributed by atoms with Gasteiger partial charge in [0.2, 0.25) is 5.16 Å². The fourth-order valence-electron chi connectivity index (χ4n) is 1.71. The predicted octanol–water partition coefficient (Wildman–Crippen LogP) is 0.962. The fraction of sp³-hybridized carbons (Fsp3) is 0.636. The molecule has 0 bridgehead atoms. The van der Waals surface area contributed by atoms with E-state index >= 15 is 0 Å². The third-order valence-electron chi connectivity index (χ3n) is 2.72. The van der Waals surface area contributed by atoms with Crippen LogP contribution in [0, 0.1) is 0 Å². The van der Waals surface area contributed by atoms with Gasteiger partial charge in [-0.1, -0.05) is 11.8 Å². The topological polar surface area (TPSA) is 73.5 Å². The van der Waals surface area contributed by atoms with Gasteiger partial charge in [-0.25, -0.2) is 9.67 Å². The Kier molecular flexibility index (Phi) is 4.92. The molecule has 2 aromatic rings. The maximum atomic E-state index is 4.20. The SMILES string of the molecule is CNCCn1nnnc1SCc1cncn1C(C)C. The van der Waals surface area contributed by atoms with E-state index in [1.165, 1.54) is 5.69 Å². The Bertz CT molecular complexity index is 505. The van der Waals surface area contributed by atoms with E-state index in [0.29, 0.717) is 6.04 Å². The van der Waals surface area contributed by atoms with Crippen molar-refractivity contribution < 1.29 is 0 Å². The standard InChI is InChI=1S/C11H19N7S/c1-9(2)17-8-13-6-10(17)7-19-11-14-15-16-18(11)5-4-12-3/h6,8-9,12H,4-5,7H2,1-3H3. The number of nitrogens with zero attached hydrogens (tertiary/aromatic N) is 6. The van der Waals surface area contributed by atoms with Crippen LogP contribution in [0.2, 0.25) is 0 Å². The minimum absolute atomic E-state index is 0.415. The second-order valence-corrected chi connectivity index (χ2v) is 5.41. The summed E-state index contributed by atoms with van der Waals surface area (Å²) in [5, 5.41) is 15.7. The van der Waals surface area contributed by atoms with Crippen molar-refractivity contribution in [1.29, 1.82) is 0 Å². The van der Waals surface area contributed by atoms with Crippen LogP contribution < -0.4 is 5.32 Å². The van der Waals surface area contributed by atoms with Crippen LogP contribution in [0.3, 0.4) is 0 Å². The maximum absolute atomic E-state index is 4.20. The zero-order valence-electron chi connectivity index (χ0n) is 11.4. The lowest BCUT2D eigenvalue weighted by Gasteiger charge is -2.11. The number of tetrazole rings is 1. The van der Waals surface area contributed by atoms with Gasteiger partial charge in [-0.15, -0.1) is 5.10 Å². The second kappa shape index (κ2) is 6.67. The van der Waals surface area contributed by atoms with Crippen LogP contribution in [0.4, 0.5) is 0 Å². The quantitative estimate of drug-likeness (QED) is 0.762. The van der Waals surface area contributed by atoms with Gasteiger partial charge in [-0.2, -0.15) is 0 Å². The van der Waals surface area contributed by atoms with Gasteiger partial charge in [-0.05, 0) is 31.3 Å². The molecule has 0 saturated carbocycles. The molecule has 0 radical (unpaired) electrons. The molecule has 19 heavy (non-hydrogen) atoms. The van der Waals surface area contributed by atoms with Crippen molar-refractivity contribution in [2.75, 3.05) is 13.6 Å². The Labute approximate surface area is 116 Å². The Balaban J connectivity index is 1.98. The van der Waals surface area contributed by atoms with Crippen molar-refractivity contribution in [3.63, 3.8) is 0 Å². The van der Waals surface area contributed by atoms with E-state index in [1.54, 1.807) is 11.8 Å². The summed E-state index contributed by atoms with van der Waals surface area (Å²) in [5.41, 5.74) is 1.18. The molecule has 1 N–H and O–H groups in total. The summed E-state index contributed by atoms with van der Waals surface area (Å²) in [7, 11) is 1.92. The minimum atomic E-state index is 0.415. The van der Waals surface area contributed by atoms with Crippen LogP contribution in [0.5, 0.6) is 0 Å². The van der Waals surface area contributed by atoms with Crippen molar-refractivity contribution in [3.8, 4) is 0 Å². The number of imidazole rings is 1. The van der Waals surface area contributed by atoms with Gasteiger partial charge in [-0.3, -0.25) is 0 Å². The molecule has 0 aliphatic heterocycles. The largest absolute Gasteiger partial charge is 0.331 e. The molecule has 0 amide bonds. The van der Waals surface area contributed by atoms with Crippen molar-refractivity contribution in [2.24, 2.45) is 0 Å². The number of hydrogen-bond acceptors (Lipinski definition) is 6. The molecule has 0 aromatic carbocycles. The highest BCUT2D eigenvalue weighted by Crippen LogP contribution is 2.21. The predicted molar refractivity (Wildman–Crippen MR) is 73.9 cm³/mol. The summed E-state index contributed by atoms with van der Waals surface area (Å²) >= 11 is 1.63. The Morgan fingerprint density at radius 3 is 3.00 bits per heavy atom. The molecule has 0 atom stereocenters. The number of thioether (sulfide) groups is 1. The van der Waals surface area contributed by atoms with Crippen LogP contribution in [-0.2, 0) is 12.3 Å². The highest BCUT2D eigenvalue weighted by Gasteiger charge is 2.10. The zero-order valence-corrected chi connectivity index (χ0v) is 12.3. The van der Waals surface area contributed by atoms with Crippen molar-refractivity contribution in [2.45, 2.75) is 37.3 Å². The highest BCUT2D eigenvalue weighted by molar-refractivity contribution is 7.98. The molecule has 0 fully saturated rings. The molecule has 0 aliphatic carbocycles. The van der Waals surface area contributed by atoms with Crippen molar-refractivity contribution in [3.05, 3.63) is 18.2 Å². The third-order valence-corrected chi connectivity index (χ3v) is 3.72. The average molecular weight is 281 g/mol. The van der Waals surface area contributed by atoms with Gasteiger partial charge in [0.25, 0.3) is 0 Å². The molecule has 0 aliphatic rings. The van der Waals surface area contributed by atoms with Crippen LogP contribution in [0.15, 0.2) is 17.7 Å². The van der Waals surface area contributed by atoms with Crippen LogP contribution in [-0.4, -0.2) is 43.4 Å². The van der Waals surface area contributed by atoms with Gasteiger partial charge in [0, 0.05) is 30.2 Å². The third kappa shape index (κ3) is 3.54. The summed E-state index contributed by atoms with van der Waals surface area (Å²) in [5.74, 6) is 0.818. The molecule has 2 rings (SSSR count). The first-order valence-electron chi connectivity index (χ1n) is 6.26. The molecule has 8 heteroatoms. The van der Waals surface area contributed by atoms with Crippen LogP contribution in [0.25, 0.3) is 0 Å². The first-order valence-corrected chi connectivity index (χ1v) is 7.25. The fourth-order valence-corrected chi connectivity index (χ4v) is 2.58. The number of aromatic nitrogens is 6. The molecule has 0 saturated heterocycles. The van der Waals surface area contributed by atoms with Gasteiger partial charge in [0.1, 0.15) is 0 Å². The molecule has 2 aromatic heterocycles. The monoisotopic (exact) mass is 281 g/mol. The summed E-state index contributed by atoms with van der Waals surface area (Å²) in [6.45, 7) is 5.91. The summed E-state index contributed by atoms with van der Waals surface area (Å²) in [6.07, 6.45) is 3.76. The van der Waals surface area contributed by atoms with E-state index in [1.807, 2.05) is 24.3 Å². The molecule has 0 unspecified atom stereocenters. The Morgan fingerprint density at radius 1 is 1.42 bits per heavy atom. The molecule has 0 spiro atoms. The van der Waals surface area contributed by atoms with E-state index < -0.39 is 0 Å². The number of hydrogen-bond donors (Lipinski definition) is 1. The molecule has 104 valence electrons. The van der Waals surface area contributed by atoms with Crippen LogP contribution >= 0.6 is 11.8 Å². The van der Waals surface area contributed by atoms with Gasteiger partial charge in [0.15, 0.2) is 0 Å². The van der Waals surface area contributed by atoms with Crippen molar-refractivity contribution >= 4 is 11.8 Å². The number of nitrogens with one attached hydrogen (secondary N) is 1. The van der Waals surface area contributed by atoms with E-state index in [2.05, 4.69) is 44.2 Å². The number of likely N-dealkylation sites (N-methyl/N-ethyl adjacent to an activating group) is 1. The molecular weight excluding hydrogens is 262 g/mol. The summed E-state index contributed by atoms with van der Waals surface area (Å²) < 4.78 is 3.98. The lowest BCUT2D eigenvalue weighted by atomic mass is 10.4. The maximum Gasteiger partial charge on any atom is 0.209 e. The summed E-state index contributed by atoms with van der Waals surface area (Å²) in [4.78, 5) is 4.20. The highest BCUT2D eigenvalue weighted by atomic mass is 32.2.